The van der Waals surface area contributed by atoms with Gasteiger partial charge in [-0.25, -0.2) is 14.4 Å². The lowest BCUT2D eigenvalue weighted by Gasteiger charge is -2.28. The van der Waals surface area contributed by atoms with Crippen molar-refractivity contribution >= 4 is 45.8 Å². The summed E-state index contributed by atoms with van der Waals surface area (Å²) in [5.74, 6) is -1.19. The largest absolute Gasteiger partial charge is 0.463 e. The van der Waals surface area contributed by atoms with Crippen LogP contribution in [0.2, 0.25) is 0 Å². The summed E-state index contributed by atoms with van der Waals surface area (Å²) >= 11 is 2.55. The number of aromatic nitrogens is 1. The number of esters is 2. The summed E-state index contributed by atoms with van der Waals surface area (Å²) in [5.41, 5.74) is 1.25. The highest BCUT2D eigenvalue weighted by Crippen LogP contribution is 2.31. The Labute approximate surface area is 175 Å². The summed E-state index contributed by atoms with van der Waals surface area (Å²) in [5, 5.41) is 10.6. The van der Waals surface area contributed by atoms with E-state index in [0.29, 0.717) is 16.3 Å². The Morgan fingerprint density at radius 1 is 1.31 bits per heavy atom. The van der Waals surface area contributed by atoms with Gasteiger partial charge in [-0.2, -0.15) is 4.37 Å². The van der Waals surface area contributed by atoms with Crippen LogP contribution < -0.4 is 16.0 Å². The van der Waals surface area contributed by atoms with Crippen molar-refractivity contribution in [1.29, 1.82) is 0 Å². The molecule has 1 aliphatic rings. The molecule has 1 aliphatic heterocycles. The topological polar surface area (TPSA) is 119 Å². The fraction of sp³-hybridized carbons (Fsp3) is 0.333. The Bertz CT molecular complexity index is 952. The molecule has 3 heterocycles. The quantitative estimate of drug-likeness (QED) is 0.571. The van der Waals surface area contributed by atoms with Crippen LogP contribution in [-0.2, 0) is 14.3 Å². The van der Waals surface area contributed by atoms with Gasteiger partial charge in [0.05, 0.1) is 29.6 Å². The zero-order chi connectivity index (χ0) is 21.0. The van der Waals surface area contributed by atoms with Gasteiger partial charge in [-0.15, -0.1) is 11.3 Å². The maximum atomic E-state index is 12.6. The van der Waals surface area contributed by atoms with Crippen molar-refractivity contribution in [2.75, 3.05) is 25.6 Å². The molecule has 0 radical (unpaired) electrons. The molecule has 154 valence electrons. The SMILES string of the molecule is CCOC(=O)C1=C(COC(=O)c2c(C)nsc2NC)NC(=O)N[C@H]1c1cccs1. The molecule has 0 unspecified atom stereocenters. The number of anilines is 1. The van der Waals surface area contributed by atoms with Crippen molar-refractivity contribution < 1.29 is 23.9 Å². The first-order chi connectivity index (χ1) is 14.0. The van der Waals surface area contributed by atoms with E-state index in [1.54, 1.807) is 20.9 Å². The van der Waals surface area contributed by atoms with Crippen molar-refractivity contribution in [3.05, 3.63) is 44.9 Å². The summed E-state index contributed by atoms with van der Waals surface area (Å²) in [6.07, 6.45) is 0. The minimum atomic E-state index is -0.686. The Kier molecular flexibility index (Phi) is 6.49. The lowest BCUT2D eigenvalue weighted by Crippen LogP contribution is -2.46. The molecule has 11 heteroatoms. The number of ether oxygens (including phenoxy) is 2. The monoisotopic (exact) mass is 436 g/mol. The first-order valence-electron chi connectivity index (χ1n) is 8.78. The fourth-order valence-corrected chi connectivity index (χ4v) is 4.36. The second-order valence-electron chi connectivity index (χ2n) is 5.96. The summed E-state index contributed by atoms with van der Waals surface area (Å²) < 4.78 is 14.7. The molecule has 0 saturated carbocycles. The molecule has 3 rings (SSSR count). The average molecular weight is 437 g/mol. The van der Waals surface area contributed by atoms with E-state index in [0.717, 1.165) is 16.4 Å². The molecule has 3 N–H and O–H groups in total. The zero-order valence-electron chi connectivity index (χ0n) is 16.0. The zero-order valence-corrected chi connectivity index (χ0v) is 17.7. The van der Waals surface area contributed by atoms with Gasteiger partial charge in [0.15, 0.2) is 0 Å². The number of nitrogens with zero attached hydrogens (tertiary/aromatic N) is 1. The summed E-state index contributed by atoms with van der Waals surface area (Å²) in [4.78, 5) is 38.1. The van der Waals surface area contributed by atoms with E-state index in [-0.39, 0.29) is 24.5 Å². The van der Waals surface area contributed by atoms with Gasteiger partial charge in [0.25, 0.3) is 0 Å². The highest BCUT2D eigenvalue weighted by Gasteiger charge is 2.35. The number of carbonyl (C=O) groups excluding carboxylic acids is 3. The van der Waals surface area contributed by atoms with Crippen LogP contribution in [0, 0.1) is 6.92 Å². The summed E-state index contributed by atoms with van der Waals surface area (Å²) in [6, 6.07) is 2.45. The van der Waals surface area contributed by atoms with E-state index in [4.69, 9.17) is 9.47 Å². The molecule has 2 amide bonds. The van der Waals surface area contributed by atoms with Crippen LogP contribution in [0.25, 0.3) is 0 Å². The van der Waals surface area contributed by atoms with Gasteiger partial charge in [0.1, 0.15) is 17.2 Å². The number of carbonyl (C=O) groups is 3. The molecule has 29 heavy (non-hydrogen) atoms. The Morgan fingerprint density at radius 3 is 2.76 bits per heavy atom. The van der Waals surface area contributed by atoms with Crippen LogP contribution in [0.15, 0.2) is 28.8 Å². The van der Waals surface area contributed by atoms with Crippen molar-refractivity contribution in [1.82, 2.24) is 15.0 Å². The third-order valence-electron chi connectivity index (χ3n) is 4.12. The standard InChI is InChI=1S/C18H20N4O5S2/c1-4-26-17(24)13-10(20-18(25)21-14(13)11-6-5-7-28-11)8-27-16(23)12-9(2)22-29-15(12)19-3/h5-7,14,19H,4,8H2,1-3H3,(H2,20,21,25)/t14-/m0/s1. The molecule has 9 nitrogen and oxygen atoms in total. The highest BCUT2D eigenvalue weighted by molar-refractivity contribution is 7.10. The molecule has 1 atom stereocenters. The Balaban J connectivity index is 1.90. The van der Waals surface area contributed by atoms with Crippen LogP contribution in [-0.4, -0.2) is 42.6 Å². The van der Waals surface area contributed by atoms with Gasteiger partial charge >= 0.3 is 18.0 Å². The molecular formula is C18H20N4O5S2. The number of hydrogen-bond donors (Lipinski definition) is 3. The normalized spacial score (nSPS) is 16.1. The lowest BCUT2D eigenvalue weighted by atomic mass is 10.0. The smallest absolute Gasteiger partial charge is 0.343 e. The van der Waals surface area contributed by atoms with Gasteiger partial charge < -0.3 is 25.4 Å². The Hall–Kier alpha value is -2.92. The number of thiophene rings is 1. The van der Waals surface area contributed by atoms with Crippen LogP contribution in [0.5, 0.6) is 0 Å². The molecular weight excluding hydrogens is 416 g/mol. The predicted octanol–water partition coefficient (Wildman–Crippen LogP) is 2.58. The number of amides is 2. The van der Waals surface area contributed by atoms with Gasteiger partial charge in [0.2, 0.25) is 0 Å². The second kappa shape index (κ2) is 9.05. The predicted molar refractivity (Wildman–Crippen MR) is 109 cm³/mol. The summed E-state index contributed by atoms with van der Waals surface area (Å²) in [6.45, 7) is 3.28. The van der Waals surface area contributed by atoms with E-state index in [1.807, 2.05) is 17.5 Å². The van der Waals surface area contributed by atoms with Crippen molar-refractivity contribution in [2.24, 2.45) is 0 Å². The lowest BCUT2D eigenvalue weighted by molar-refractivity contribution is -0.139. The van der Waals surface area contributed by atoms with Gasteiger partial charge in [-0.05, 0) is 36.8 Å². The van der Waals surface area contributed by atoms with E-state index < -0.39 is 24.0 Å². The number of aryl methyl sites for hydroxylation is 1. The summed E-state index contributed by atoms with van der Waals surface area (Å²) in [7, 11) is 1.68. The maximum absolute atomic E-state index is 12.6. The second-order valence-corrected chi connectivity index (χ2v) is 7.71. The molecule has 0 aliphatic carbocycles. The molecule has 0 spiro atoms. The number of nitrogens with one attached hydrogen (secondary N) is 3. The van der Waals surface area contributed by atoms with Crippen molar-refractivity contribution in [2.45, 2.75) is 19.9 Å². The molecule has 2 aromatic heterocycles. The molecule has 0 aromatic carbocycles. The molecule has 2 aromatic rings. The highest BCUT2D eigenvalue weighted by atomic mass is 32.1. The van der Waals surface area contributed by atoms with E-state index >= 15 is 0 Å². The van der Waals surface area contributed by atoms with E-state index in [2.05, 4.69) is 20.3 Å². The fourth-order valence-electron chi connectivity index (χ4n) is 2.84. The van der Waals surface area contributed by atoms with Gasteiger partial charge in [0, 0.05) is 11.9 Å². The van der Waals surface area contributed by atoms with E-state index in [1.165, 1.54) is 11.3 Å². The van der Waals surface area contributed by atoms with Crippen molar-refractivity contribution in [3.63, 3.8) is 0 Å². The third kappa shape index (κ3) is 4.40. The maximum Gasteiger partial charge on any atom is 0.343 e. The van der Waals surface area contributed by atoms with Crippen molar-refractivity contribution in [3.8, 4) is 0 Å². The first-order valence-corrected chi connectivity index (χ1v) is 10.4. The number of rotatable bonds is 7. The molecule has 0 saturated heterocycles. The number of hydrogen-bond acceptors (Lipinski definition) is 9. The van der Waals surface area contributed by atoms with Gasteiger partial charge in [-0.3, -0.25) is 0 Å². The minimum Gasteiger partial charge on any atom is -0.463 e. The van der Waals surface area contributed by atoms with Crippen LogP contribution in [0.3, 0.4) is 0 Å². The first kappa shape index (κ1) is 20.8. The Morgan fingerprint density at radius 2 is 2.10 bits per heavy atom. The third-order valence-corrected chi connectivity index (χ3v) is 6.01. The average Bonchev–Trinajstić information content (AvgIpc) is 3.35. The molecule has 0 fully saturated rings. The van der Waals surface area contributed by atoms with Crippen LogP contribution in [0.4, 0.5) is 9.80 Å². The van der Waals surface area contributed by atoms with E-state index in [9.17, 15) is 14.4 Å². The van der Waals surface area contributed by atoms with Gasteiger partial charge in [-0.1, -0.05) is 6.07 Å². The molecule has 0 bridgehead atoms. The van der Waals surface area contributed by atoms with Crippen LogP contribution >= 0.6 is 22.9 Å². The minimum absolute atomic E-state index is 0.172. The number of urea groups is 1. The van der Waals surface area contributed by atoms with Crippen LogP contribution in [0.1, 0.15) is 33.9 Å².